The van der Waals surface area contributed by atoms with Crippen molar-refractivity contribution in [1.29, 1.82) is 0 Å². The number of thioether (sulfide) groups is 1. The Morgan fingerprint density at radius 1 is 1.30 bits per heavy atom. The summed E-state index contributed by atoms with van der Waals surface area (Å²) in [6.45, 7) is 1.04. The molecular formula is C18H20N6O2S. The Hall–Kier alpha value is -2.86. The van der Waals surface area contributed by atoms with E-state index in [1.807, 2.05) is 29.2 Å². The summed E-state index contributed by atoms with van der Waals surface area (Å²) in [7, 11) is 1.72. The molecule has 9 heteroatoms. The average Bonchev–Trinajstić information content (AvgIpc) is 3.09. The van der Waals surface area contributed by atoms with Crippen molar-refractivity contribution in [3.63, 3.8) is 0 Å². The van der Waals surface area contributed by atoms with E-state index in [-0.39, 0.29) is 24.1 Å². The average molecular weight is 384 g/mol. The van der Waals surface area contributed by atoms with Crippen LogP contribution in [0, 0.1) is 11.8 Å². The zero-order valence-electron chi connectivity index (χ0n) is 15.0. The van der Waals surface area contributed by atoms with Crippen LogP contribution in [0.4, 0.5) is 5.69 Å². The fourth-order valence-electron chi connectivity index (χ4n) is 2.62. The van der Waals surface area contributed by atoms with Crippen molar-refractivity contribution < 1.29 is 9.59 Å². The number of amides is 2. The Morgan fingerprint density at radius 2 is 2.11 bits per heavy atom. The highest BCUT2D eigenvalue weighted by molar-refractivity contribution is 7.99. The van der Waals surface area contributed by atoms with Crippen LogP contribution >= 0.6 is 11.8 Å². The van der Waals surface area contributed by atoms with Crippen LogP contribution in [0.2, 0.25) is 0 Å². The molecule has 2 aromatic rings. The number of carbonyl (C=O) groups excluding carboxylic acids is 2. The van der Waals surface area contributed by atoms with Gasteiger partial charge in [0.2, 0.25) is 17.0 Å². The molecular weight excluding hydrogens is 364 g/mol. The SMILES string of the molecule is Cn1nnnc1SCC(=O)NCC#Cc1ccc(N2CCCCC2=O)cc1. The molecule has 8 nitrogen and oxygen atoms in total. The predicted molar refractivity (Wildman–Crippen MR) is 102 cm³/mol. The molecule has 0 saturated carbocycles. The fraction of sp³-hybridized carbons (Fsp3) is 0.389. The summed E-state index contributed by atoms with van der Waals surface area (Å²) in [6.07, 6.45) is 2.63. The van der Waals surface area contributed by atoms with Gasteiger partial charge in [0.15, 0.2) is 0 Å². The van der Waals surface area contributed by atoms with Gasteiger partial charge in [0.25, 0.3) is 0 Å². The van der Waals surface area contributed by atoms with E-state index in [1.54, 1.807) is 7.05 Å². The van der Waals surface area contributed by atoms with Crippen molar-refractivity contribution >= 4 is 29.3 Å². The molecule has 1 aromatic carbocycles. The summed E-state index contributed by atoms with van der Waals surface area (Å²) in [5.41, 5.74) is 1.76. The summed E-state index contributed by atoms with van der Waals surface area (Å²) in [5.74, 6) is 6.22. The lowest BCUT2D eigenvalue weighted by Crippen LogP contribution is -2.35. The Bertz CT molecular complexity index is 868. The Labute approximate surface area is 161 Å². The molecule has 0 unspecified atom stereocenters. The van der Waals surface area contributed by atoms with Crippen LogP contribution < -0.4 is 10.2 Å². The first-order valence-corrected chi connectivity index (χ1v) is 9.63. The molecule has 2 heterocycles. The number of nitrogens with one attached hydrogen (secondary N) is 1. The van der Waals surface area contributed by atoms with Crippen LogP contribution in [0.1, 0.15) is 24.8 Å². The van der Waals surface area contributed by atoms with Gasteiger partial charge in [-0.25, -0.2) is 4.68 Å². The van der Waals surface area contributed by atoms with Gasteiger partial charge < -0.3 is 10.2 Å². The topological polar surface area (TPSA) is 93.0 Å². The van der Waals surface area contributed by atoms with Crippen molar-refractivity contribution in [3.8, 4) is 11.8 Å². The molecule has 27 heavy (non-hydrogen) atoms. The number of benzene rings is 1. The zero-order valence-corrected chi connectivity index (χ0v) is 15.8. The van der Waals surface area contributed by atoms with E-state index in [9.17, 15) is 9.59 Å². The summed E-state index contributed by atoms with van der Waals surface area (Å²) in [6, 6.07) is 7.61. The molecule has 1 N–H and O–H groups in total. The maximum atomic E-state index is 11.9. The largest absolute Gasteiger partial charge is 0.344 e. The van der Waals surface area contributed by atoms with Crippen LogP contribution in [0.15, 0.2) is 29.4 Å². The van der Waals surface area contributed by atoms with E-state index >= 15 is 0 Å². The summed E-state index contributed by atoms with van der Waals surface area (Å²) in [4.78, 5) is 25.6. The molecule has 140 valence electrons. The number of piperidine rings is 1. The number of tetrazole rings is 1. The van der Waals surface area contributed by atoms with E-state index < -0.39 is 0 Å². The Kier molecular flexibility index (Phi) is 6.44. The number of hydrogen-bond donors (Lipinski definition) is 1. The Balaban J connectivity index is 1.44. The molecule has 3 rings (SSSR count). The second-order valence-electron chi connectivity index (χ2n) is 6.00. The van der Waals surface area contributed by atoms with E-state index in [2.05, 4.69) is 32.7 Å². The molecule has 1 saturated heterocycles. The standard InChI is InChI=1S/C18H20N6O2S/c1-23-18(20-21-22-23)27-13-16(25)19-11-4-5-14-7-9-15(10-8-14)24-12-3-2-6-17(24)26/h7-10H,2-3,6,11-13H2,1H3,(H,19,25). The molecule has 0 aliphatic carbocycles. The van der Waals surface area contributed by atoms with Gasteiger partial charge in [0.05, 0.1) is 12.3 Å². The minimum atomic E-state index is -0.128. The van der Waals surface area contributed by atoms with Crippen molar-refractivity contribution in [2.45, 2.75) is 24.4 Å². The van der Waals surface area contributed by atoms with E-state index in [0.717, 1.165) is 30.6 Å². The van der Waals surface area contributed by atoms with Gasteiger partial charge in [0.1, 0.15) is 0 Å². The molecule has 0 radical (unpaired) electrons. The third kappa shape index (κ3) is 5.31. The van der Waals surface area contributed by atoms with Crippen LogP contribution in [-0.4, -0.2) is 50.9 Å². The van der Waals surface area contributed by atoms with Gasteiger partial charge in [-0.1, -0.05) is 23.6 Å². The van der Waals surface area contributed by atoms with Crippen LogP contribution in [0.5, 0.6) is 0 Å². The molecule has 1 aromatic heterocycles. The normalized spacial score (nSPS) is 13.8. The van der Waals surface area contributed by atoms with Crippen LogP contribution in [0.3, 0.4) is 0 Å². The van der Waals surface area contributed by atoms with Gasteiger partial charge in [-0.3, -0.25) is 9.59 Å². The highest BCUT2D eigenvalue weighted by atomic mass is 32.2. The lowest BCUT2D eigenvalue weighted by Gasteiger charge is -2.26. The lowest BCUT2D eigenvalue weighted by atomic mass is 10.1. The zero-order chi connectivity index (χ0) is 19.1. The van der Waals surface area contributed by atoms with Gasteiger partial charge in [-0.05, 0) is 47.5 Å². The summed E-state index contributed by atoms with van der Waals surface area (Å²) >= 11 is 1.27. The monoisotopic (exact) mass is 384 g/mol. The first-order chi connectivity index (χ1) is 13.1. The number of carbonyl (C=O) groups is 2. The molecule has 1 aliphatic rings. The second kappa shape index (κ2) is 9.19. The lowest BCUT2D eigenvalue weighted by molar-refractivity contribution is -0.119. The number of hydrogen-bond acceptors (Lipinski definition) is 6. The number of anilines is 1. The highest BCUT2D eigenvalue weighted by Gasteiger charge is 2.19. The fourth-order valence-corrected chi connectivity index (χ4v) is 3.30. The van der Waals surface area contributed by atoms with E-state index in [0.29, 0.717) is 11.6 Å². The highest BCUT2D eigenvalue weighted by Crippen LogP contribution is 2.21. The number of nitrogens with zero attached hydrogens (tertiary/aromatic N) is 5. The van der Waals surface area contributed by atoms with Gasteiger partial charge >= 0.3 is 0 Å². The first-order valence-electron chi connectivity index (χ1n) is 8.64. The van der Waals surface area contributed by atoms with Crippen LogP contribution in [0.25, 0.3) is 0 Å². The second-order valence-corrected chi connectivity index (χ2v) is 6.94. The van der Waals surface area contributed by atoms with Crippen molar-refractivity contribution in [2.24, 2.45) is 7.05 Å². The number of aryl methyl sites for hydroxylation is 1. The van der Waals surface area contributed by atoms with Gasteiger partial charge in [-0.15, -0.1) is 5.10 Å². The minimum Gasteiger partial charge on any atom is -0.344 e. The maximum absolute atomic E-state index is 11.9. The molecule has 0 bridgehead atoms. The van der Waals surface area contributed by atoms with Gasteiger partial charge in [0, 0.05) is 31.3 Å². The predicted octanol–water partition coefficient (Wildman–Crippen LogP) is 0.987. The first kappa shape index (κ1) is 18.9. The van der Waals surface area contributed by atoms with Crippen molar-refractivity contribution in [3.05, 3.63) is 29.8 Å². The third-order valence-electron chi connectivity index (χ3n) is 4.02. The van der Waals surface area contributed by atoms with E-state index in [1.165, 1.54) is 16.4 Å². The van der Waals surface area contributed by atoms with Crippen molar-refractivity contribution in [2.75, 3.05) is 23.7 Å². The Morgan fingerprint density at radius 3 is 2.81 bits per heavy atom. The number of rotatable bonds is 5. The van der Waals surface area contributed by atoms with E-state index in [4.69, 9.17) is 0 Å². The molecule has 2 amide bonds. The molecule has 0 spiro atoms. The quantitative estimate of drug-likeness (QED) is 0.610. The third-order valence-corrected chi connectivity index (χ3v) is 5.03. The minimum absolute atomic E-state index is 0.128. The smallest absolute Gasteiger partial charge is 0.231 e. The molecule has 1 aliphatic heterocycles. The number of aromatic nitrogens is 4. The molecule has 1 fully saturated rings. The maximum Gasteiger partial charge on any atom is 0.231 e. The van der Waals surface area contributed by atoms with Crippen molar-refractivity contribution in [1.82, 2.24) is 25.5 Å². The van der Waals surface area contributed by atoms with Crippen LogP contribution in [-0.2, 0) is 16.6 Å². The summed E-state index contributed by atoms with van der Waals surface area (Å²) in [5, 5.41) is 14.3. The van der Waals surface area contributed by atoms with Gasteiger partial charge in [-0.2, -0.15) is 0 Å². The summed E-state index contributed by atoms with van der Waals surface area (Å²) < 4.78 is 1.51. The molecule has 0 atom stereocenters.